The van der Waals surface area contributed by atoms with Crippen LogP contribution in [0.25, 0.3) is 0 Å². The van der Waals surface area contributed by atoms with E-state index >= 15 is 0 Å². The predicted octanol–water partition coefficient (Wildman–Crippen LogP) is 2.28. The first kappa shape index (κ1) is 13.0. The summed E-state index contributed by atoms with van der Waals surface area (Å²) in [6.07, 6.45) is 8.45. The SMILES string of the molecule is O=c1[nH]c(=S)[nH]c(O)c1C=NC1CCCCCC1. The summed E-state index contributed by atoms with van der Waals surface area (Å²) in [4.78, 5) is 20.9. The number of nitrogens with zero attached hydrogens (tertiary/aromatic N) is 1. The van der Waals surface area contributed by atoms with E-state index < -0.39 is 5.56 Å². The van der Waals surface area contributed by atoms with Gasteiger partial charge in [-0.05, 0) is 25.1 Å². The van der Waals surface area contributed by atoms with Gasteiger partial charge in [-0.15, -0.1) is 0 Å². The lowest BCUT2D eigenvalue weighted by Crippen LogP contribution is -2.14. The standard InChI is InChI=1S/C12H17N3O2S/c16-10-9(11(17)15-12(18)14-10)7-13-8-5-3-1-2-4-6-8/h7-8H,1-6H2,(H3,14,15,16,17,18). The molecule has 1 fully saturated rings. The van der Waals surface area contributed by atoms with E-state index in [1.807, 2.05) is 0 Å². The third-order valence-corrected chi connectivity index (χ3v) is 3.40. The fourth-order valence-electron chi connectivity index (χ4n) is 2.19. The Morgan fingerprint density at radius 2 is 1.89 bits per heavy atom. The van der Waals surface area contributed by atoms with Crippen LogP contribution in [0.3, 0.4) is 0 Å². The number of nitrogens with one attached hydrogen (secondary N) is 2. The smallest absolute Gasteiger partial charge is 0.264 e. The molecule has 0 saturated heterocycles. The van der Waals surface area contributed by atoms with Crippen molar-refractivity contribution >= 4 is 18.4 Å². The van der Waals surface area contributed by atoms with E-state index in [0.29, 0.717) is 0 Å². The minimum Gasteiger partial charge on any atom is -0.494 e. The number of H-pyrrole nitrogens is 2. The van der Waals surface area contributed by atoms with Crippen LogP contribution < -0.4 is 5.56 Å². The number of aliphatic imine (C=N–C) groups is 1. The second-order valence-corrected chi connectivity index (χ2v) is 5.00. The summed E-state index contributed by atoms with van der Waals surface area (Å²) in [6.45, 7) is 0. The molecule has 0 unspecified atom stereocenters. The van der Waals surface area contributed by atoms with Gasteiger partial charge in [-0.2, -0.15) is 0 Å². The molecule has 0 spiro atoms. The van der Waals surface area contributed by atoms with Crippen molar-refractivity contribution in [3.8, 4) is 5.88 Å². The van der Waals surface area contributed by atoms with E-state index in [9.17, 15) is 9.90 Å². The summed E-state index contributed by atoms with van der Waals surface area (Å²) in [5.74, 6) is -0.221. The molecule has 0 bridgehead atoms. The van der Waals surface area contributed by atoms with Crippen LogP contribution in [-0.2, 0) is 0 Å². The Bertz CT molecular complexity index is 539. The van der Waals surface area contributed by atoms with Crippen molar-refractivity contribution < 1.29 is 5.11 Å². The van der Waals surface area contributed by atoms with Gasteiger partial charge in [0.15, 0.2) is 4.77 Å². The minimum atomic E-state index is -0.409. The molecule has 5 nitrogen and oxygen atoms in total. The molecule has 1 heterocycles. The van der Waals surface area contributed by atoms with Gasteiger partial charge in [0.1, 0.15) is 5.56 Å². The fourth-order valence-corrected chi connectivity index (χ4v) is 2.38. The molecule has 1 aliphatic rings. The third-order valence-electron chi connectivity index (χ3n) is 3.20. The normalized spacial score (nSPS) is 18.0. The van der Waals surface area contributed by atoms with Crippen molar-refractivity contribution in [1.29, 1.82) is 0 Å². The summed E-state index contributed by atoms with van der Waals surface area (Å²) in [5, 5.41) is 9.62. The van der Waals surface area contributed by atoms with E-state index in [4.69, 9.17) is 12.2 Å². The van der Waals surface area contributed by atoms with Crippen LogP contribution in [0.5, 0.6) is 5.88 Å². The quantitative estimate of drug-likeness (QED) is 0.437. The van der Waals surface area contributed by atoms with Gasteiger partial charge >= 0.3 is 0 Å². The van der Waals surface area contributed by atoms with Gasteiger partial charge in [-0.25, -0.2) is 0 Å². The lowest BCUT2D eigenvalue weighted by molar-refractivity contribution is 0.449. The van der Waals surface area contributed by atoms with Gasteiger partial charge in [0, 0.05) is 12.3 Å². The van der Waals surface area contributed by atoms with Crippen molar-refractivity contribution in [3.63, 3.8) is 0 Å². The van der Waals surface area contributed by atoms with Crippen molar-refractivity contribution in [2.45, 2.75) is 44.6 Å². The van der Waals surface area contributed by atoms with Crippen molar-refractivity contribution in [1.82, 2.24) is 9.97 Å². The maximum atomic E-state index is 11.6. The van der Waals surface area contributed by atoms with Crippen LogP contribution in [0.1, 0.15) is 44.1 Å². The molecule has 0 aromatic carbocycles. The molecule has 1 saturated carbocycles. The molecule has 1 aromatic heterocycles. The van der Waals surface area contributed by atoms with Crippen molar-refractivity contribution in [2.24, 2.45) is 4.99 Å². The molecule has 0 amide bonds. The van der Waals surface area contributed by atoms with Gasteiger partial charge in [0.05, 0.1) is 0 Å². The summed E-state index contributed by atoms with van der Waals surface area (Å²) in [6, 6.07) is 0.259. The molecule has 98 valence electrons. The Kier molecular flexibility index (Phi) is 4.30. The lowest BCUT2D eigenvalue weighted by atomic mass is 10.1. The van der Waals surface area contributed by atoms with Gasteiger partial charge < -0.3 is 10.1 Å². The first-order valence-corrected chi connectivity index (χ1v) is 6.66. The topological polar surface area (TPSA) is 81.2 Å². The maximum absolute atomic E-state index is 11.6. The monoisotopic (exact) mass is 267 g/mol. The molecule has 3 N–H and O–H groups in total. The Labute approximate surface area is 110 Å². The number of aromatic hydroxyl groups is 1. The van der Waals surface area contributed by atoms with Crippen LogP contribution in [-0.4, -0.2) is 27.3 Å². The van der Waals surface area contributed by atoms with Gasteiger partial charge in [-0.1, -0.05) is 25.7 Å². The highest BCUT2D eigenvalue weighted by Crippen LogP contribution is 2.19. The second-order valence-electron chi connectivity index (χ2n) is 4.59. The Balaban J connectivity index is 2.18. The fraction of sp³-hybridized carbons (Fsp3) is 0.583. The largest absolute Gasteiger partial charge is 0.494 e. The van der Waals surface area contributed by atoms with Crippen LogP contribution in [0.2, 0.25) is 0 Å². The average Bonchev–Trinajstić information content (AvgIpc) is 2.56. The van der Waals surface area contributed by atoms with E-state index in [2.05, 4.69) is 15.0 Å². The molecule has 0 atom stereocenters. The zero-order chi connectivity index (χ0) is 13.0. The molecule has 1 aliphatic carbocycles. The molecule has 18 heavy (non-hydrogen) atoms. The van der Waals surface area contributed by atoms with E-state index in [0.717, 1.165) is 12.8 Å². The number of aromatic amines is 2. The maximum Gasteiger partial charge on any atom is 0.264 e. The zero-order valence-electron chi connectivity index (χ0n) is 10.1. The highest BCUT2D eigenvalue weighted by atomic mass is 32.1. The number of hydrogen-bond acceptors (Lipinski definition) is 4. The lowest BCUT2D eigenvalue weighted by Gasteiger charge is -2.07. The molecule has 0 aliphatic heterocycles. The molecular weight excluding hydrogens is 250 g/mol. The summed E-state index contributed by atoms with van der Waals surface area (Å²) in [5.41, 5.74) is -0.263. The minimum absolute atomic E-state index is 0.115. The second kappa shape index (κ2) is 5.95. The van der Waals surface area contributed by atoms with E-state index in [1.54, 1.807) is 0 Å². The highest BCUT2D eigenvalue weighted by Gasteiger charge is 2.11. The first-order chi connectivity index (χ1) is 8.66. The number of rotatable bonds is 2. The van der Waals surface area contributed by atoms with Crippen molar-refractivity contribution in [2.75, 3.05) is 0 Å². The van der Waals surface area contributed by atoms with Crippen LogP contribution >= 0.6 is 12.2 Å². The zero-order valence-corrected chi connectivity index (χ0v) is 10.9. The van der Waals surface area contributed by atoms with Crippen LogP contribution in [0.15, 0.2) is 9.79 Å². The van der Waals surface area contributed by atoms with Crippen LogP contribution in [0, 0.1) is 4.77 Å². The van der Waals surface area contributed by atoms with Crippen LogP contribution in [0.4, 0.5) is 0 Å². The number of aromatic nitrogens is 2. The summed E-state index contributed by atoms with van der Waals surface area (Å²) < 4.78 is 0.115. The molecule has 1 aromatic rings. The predicted molar refractivity (Wildman–Crippen MR) is 73.0 cm³/mol. The van der Waals surface area contributed by atoms with Gasteiger partial charge in [0.2, 0.25) is 5.88 Å². The third kappa shape index (κ3) is 3.29. The summed E-state index contributed by atoms with van der Waals surface area (Å²) >= 11 is 4.76. The first-order valence-electron chi connectivity index (χ1n) is 6.25. The molecular formula is C12H17N3O2S. The Hall–Kier alpha value is -1.43. The van der Waals surface area contributed by atoms with Gasteiger partial charge in [0.25, 0.3) is 5.56 Å². The molecule has 0 radical (unpaired) electrons. The van der Waals surface area contributed by atoms with E-state index in [1.165, 1.54) is 31.9 Å². The average molecular weight is 267 g/mol. The molecule has 6 heteroatoms. The molecule has 2 rings (SSSR count). The highest BCUT2D eigenvalue weighted by molar-refractivity contribution is 7.71. The van der Waals surface area contributed by atoms with Gasteiger partial charge in [-0.3, -0.25) is 14.8 Å². The number of hydrogen-bond donors (Lipinski definition) is 3. The Morgan fingerprint density at radius 3 is 2.50 bits per heavy atom. The Morgan fingerprint density at radius 1 is 1.22 bits per heavy atom. The van der Waals surface area contributed by atoms with Crippen molar-refractivity contribution in [3.05, 3.63) is 20.7 Å². The summed E-state index contributed by atoms with van der Waals surface area (Å²) in [7, 11) is 0. The van der Waals surface area contributed by atoms with E-state index in [-0.39, 0.29) is 22.3 Å².